The van der Waals surface area contributed by atoms with Gasteiger partial charge in [-0.05, 0) is 83.7 Å². The molecule has 6 aromatic rings. The predicted octanol–water partition coefficient (Wildman–Crippen LogP) is 10.5. The summed E-state index contributed by atoms with van der Waals surface area (Å²) in [6.07, 6.45) is 4.10. The Labute approximate surface area is 405 Å². The molecule has 2 aliphatic rings. The fourth-order valence-electron chi connectivity index (χ4n) is 8.92. The molecular formula is C53H57Cl2F2N7O4. The third kappa shape index (κ3) is 10.9. The van der Waals surface area contributed by atoms with Crippen molar-refractivity contribution >= 4 is 62.8 Å². The van der Waals surface area contributed by atoms with Gasteiger partial charge in [-0.1, -0.05) is 102 Å². The molecule has 2 saturated heterocycles. The minimum Gasteiger partial charge on any atom is -0.367 e. The molecule has 2 fully saturated rings. The molecule has 0 N–H and O–H groups in total. The Bertz CT molecular complexity index is 2840. The number of rotatable bonds is 8. The number of piperazine rings is 1. The molecule has 0 radical (unpaired) electrons. The molecule has 6 heterocycles. The topological polar surface area (TPSA) is 114 Å². The molecule has 2 aromatic carbocycles. The van der Waals surface area contributed by atoms with Crippen LogP contribution in [0, 0.1) is 22.5 Å². The van der Waals surface area contributed by atoms with E-state index in [1.54, 1.807) is 79.6 Å². The van der Waals surface area contributed by atoms with Crippen LogP contribution in [0.5, 0.6) is 0 Å². The number of amides is 2. The average Bonchev–Trinajstić information content (AvgIpc) is 3.30. The third-order valence-corrected chi connectivity index (χ3v) is 12.7. The molecule has 4 aromatic heterocycles. The molecule has 0 aliphatic carbocycles. The molecule has 356 valence electrons. The van der Waals surface area contributed by atoms with Gasteiger partial charge in [-0.25, -0.2) is 18.7 Å². The van der Waals surface area contributed by atoms with Crippen molar-refractivity contribution < 1.29 is 18.4 Å². The molecule has 11 nitrogen and oxygen atoms in total. The van der Waals surface area contributed by atoms with E-state index >= 15 is 0 Å². The van der Waals surface area contributed by atoms with Crippen LogP contribution < -0.4 is 16.0 Å². The zero-order valence-corrected chi connectivity index (χ0v) is 40.9. The average molecular weight is 965 g/mol. The second-order valence-electron chi connectivity index (χ2n) is 19.8. The van der Waals surface area contributed by atoms with Crippen LogP contribution in [-0.4, -0.2) is 80.0 Å². The van der Waals surface area contributed by atoms with E-state index in [9.17, 15) is 28.0 Å². The predicted molar refractivity (Wildman–Crippen MR) is 269 cm³/mol. The van der Waals surface area contributed by atoms with Crippen molar-refractivity contribution in [2.24, 2.45) is 10.8 Å². The summed E-state index contributed by atoms with van der Waals surface area (Å²) >= 11 is 13.3. The first-order valence-corrected chi connectivity index (χ1v) is 23.5. The summed E-state index contributed by atoms with van der Waals surface area (Å²) in [5.41, 5.74) is 3.07. The van der Waals surface area contributed by atoms with Crippen LogP contribution in [0.1, 0.15) is 65.9 Å². The maximum absolute atomic E-state index is 14.6. The van der Waals surface area contributed by atoms with Crippen molar-refractivity contribution in [1.82, 2.24) is 28.9 Å². The van der Waals surface area contributed by atoms with Crippen LogP contribution in [0.4, 0.5) is 14.5 Å². The number of hydrogen-bond acceptors (Lipinski definition) is 7. The maximum atomic E-state index is 14.6. The van der Waals surface area contributed by atoms with Crippen LogP contribution in [0.3, 0.4) is 0 Å². The van der Waals surface area contributed by atoms with E-state index in [-0.39, 0.29) is 45.2 Å². The lowest BCUT2D eigenvalue weighted by Gasteiger charge is -2.36. The molecule has 2 amide bonds. The molecular weight excluding hydrogens is 908 g/mol. The van der Waals surface area contributed by atoms with Crippen LogP contribution in [0.15, 0.2) is 108 Å². The number of pyridine rings is 4. The lowest BCUT2D eigenvalue weighted by Crippen LogP contribution is -2.48. The first kappa shape index (κ1) is 49.7. The number of anilines is 1. The summed E-state index contributed by atoms with van der Waals surface area (Å²) in [5.74, 6) is -0.950. The van der Waals surface area contributed by atoms with Crippen LogP contribution in [0.2, 0.25) is 10.0 Å². The van der Waals surface area contributed by atoms with Crippen molar-refractivity contribution in [3.63, 3.8) is 0 Å². The number of nitrogens with zero attached hydrogens (tertiary/aromatic N) is 7. The van der Waals surface area contributed by atoms with Crippen molar-refractivity contribution in [3.8, 4) is 22.5 Å². The smallest absolute Gasteiger partial charge is 0.254 e. The minimum absolute atomic E-state index is 0.0804. The molecule has 0 saturated carbocycles. The lowest BCUT2D eigenvalue weighted by atomic mass is 9.87. The highest BCUT2D eigenvalue weighted by Gasteiger charge is 2.29. The highest BCUT2D eigenvalue weighted by atomic mass is 35.5. The first-order valence-electron chi connectivity index (χ1n) is 22.7. The monoisotopic (exact) mass is 963 g/mol. The first-order chi connectivity index (χ1) is 32.2. The van der Waals surface area contributed by atoms with E-state index in [2.05, 4.69) is 38.8 Å². The quantitative estimate of drug-likeness (QED) is 0.140. The highest BCUT2D eigenvalue weighted by Crippen LogP contribution is 2.38. The maximum Gasteiger partial charge on any atom is 0.254 e. The van der Waals surface area contributed by atoms with Gasteiger partial charge >= 0.3 is 0 Å². The van der Waals surface area contributed by atoms with Gasteiger partial charge in [0.1, 0.15) is 22.9 Å². The van der Waals surface area contributed by atoms with Crippen molar-refractivity contribution in [2.75, 3.05) is 44.2 Å². The second-order valence-corrected chi connectivity index (χ2v) is 20.6. The number of hydrogen-bond donors (Lipinski definition) is 0. The summed E-state index contributed by atoms with van der Waals surface area (Å²) < 4.78 is 32.5. The van der Waals surface area contributed by atoms with Crippen molar-refractivity contribution in [2.45, 2.75) is 73.4 Å². The summed E-state index contributed by atoms with van der Waals surface area (Å²) in [4.78, 5) is 65.7. The number of carbonyl (C=O) groups is 2. The van der Waals surface area contributed by atoms with Gasteiger partial charge in [0.25, 0.3) is 11.1 Å². The van der Waals surface area contributed by atoms with Crippen molar-refractivity contribution in [3.05, 3.63) is 146 Å². The second kappa shape index (κ2) is 20.2. The van der Waals surface area contributed by atoms with Crippen LogP contribution >= 0.6 is 23.2 Å². The van der Waals surface area contributed by atoms with E-state index in [1.807, 2.05) is 20.8 Å². The fourth-order valence-corrected chi connectivity index (χ4v) is 9.42. The van der Waals surface area contributed by atoms with E-state index < -0.39 is 11.6 Å². The largest absolute Gasteiger partial charge is 0.367 e. The highest BCUT2D eigenvalue weighted by molar-refractivity contribution is 6.34. The Morgan fingerprint density at radius 3 is 1.53 bits per heavy atom. The Hall–Kier alpha value is -6.18. The van der Waals surface area contributed by atoms with Gasteiger partial charge in [-0.3, -0.25) is 28.3 Å². The van der Waals surface area contributed by atoms with Gasteiger partial charge in [-0.2, -0.15) is 0 Å². The van der Waals surface area contributed by atoms with E-state index in [0.717, 1.165) is 29.2 Å². The van der Waals surface area contributed by atoms with Gasteiger partial charge in [-0.15, -0.1) is 0 Å². The summed E-state index contributed by atoms with van der Waals surface area (Å²) in [6.45, 7) is 23.7. The Balaban J connectivity index is 0.000000201. The molecule has 15 heteroatoms. The molecule has 0 bridgehead atoms. The SMILES string of the molecule is C=CC(=O)N1CCC(c2cc(=O)n(CC(C)(C)C)c3nc(-c4ccccc4F)c(Cl)cc23)CC1.C=CC(=O)N1CCN(c2cc(=O)n(CC(C)(C)C)c3nc(-c4ccccc4F)c(Cl)cc23)CC1. The zero-order valence-electron chi connectivity index (χ0n) is 39.4. The van der Waals surface area contributed by atoms with Crippen LogP contribution in [0.25, 0.3) is 44.6 Å². The van der Waals surface area contributed by atoms with Gasteiger partial charge in [0.15, 0.2) is 0 Å². The normalized spacial score (nSPS) is 14.8. The number of aromatic nitrogens is 4. The lowest BCUT2D eigenvalue weighted by molar-refractivity contribution is -0.127. The molecule has 0 unspecified atom stereocenters. The number of halogens is 4. The van der Waals surface area contributed by atoms with E-state index in [1.165, 1.54) is 24.3 Å². The van der Waals surface area contributed by atoms with Gasteiger partial charge in [0.05, 0.1) is 27.1 Å². The summed E-state index contributed by atoms with van der Waals surface area (Å²) in [5, 5.41) is 2.15. The number of piperidine rings is 1. The Kier molecular flexibility index (Phi) is 14.8. The fraction of sp³-hybridized carbons (Fsp3) is 0.358. The van der Waals surface area contributed by atoms with Gasteiger partial charge < -0.3 is 14.7 Å². The Morgan fingerprint density at radius 1 is 0.647 bits per heavy atom. The summed E-state index contributed by atoms with van der Waals surface area (Å²) in [6, 6.07) is 19.5. The molecule has 68 heavy (non-hydrogen) atoms. The van der Waals surface area contributed by atoms with Crippen molar-refractivity contribution in [1.29, 1.82) is 0 Å². The molecule has 2 aliphatic heterocycles. The number of likely N-dealkylation sites (tertiary alicyclic amines) is 1. The zero-order chi connectivity index (χ0) is 49.2. The molecule has 8 rings (SSSR count). The van der Waals surface area contributed by atoms with Gasteiger partial charge in [0.2, 0.25) is 11.8 Å². The third-order valence-electron chi connectivity index (χ3n) is 12.1. The standard InChI is InChI=1S/C27H29ClFN3O2.C26H28ClFN4O2/c1-5-23(33)31-12-10-17(11-13-31)19-15-24(34)32(16-27(2,3)4)26-20(19)14-21(28)25(30-26)18-8-6-7-9-22(18)29;1-5-22(33)31-12-10-30(11-13-31)21-15-23(34)32(16-26(2,3)4)25-18(21)14-19(27)24(29-25)17-8-6-7-9-20(17)28/h5-9,14-15,17H,1,10-13,16H2,2-4H3;5-9,14-15H,1,10-13,16H2,2-4H3. The number of fused-ring (bicyclic) bond motifs is 2. The minimum atomic E-state index is -0.430. The number of carbonyl (C=O) groups excluding carboxylic acids is 2. The Morgan fingerprint density at radius 2 is 1.07 bits per heavy atom. The molecule has 0 spiro atoms. The number of benzene rings is 2. The molecule has 0 atom stereocenters. The van der Waals surface area contributed by atoms with Crippen LogP contribution in [-0.2, 0) is 22.7 Å². The summed E-state index contributed by atoms with van der Waals surface area (Å²) in [7, 11) is 0. The van der Waals surface area contributed by atoms with E-state index in [4.69, 9.17) is 33.2 Å². The van der Waals surface area contributed by atoms with E-state index in [0.29, 0.717) is 96.3 Å². The van der Waals surface area contributed by atoms with Gasteiger partial charge in [0, 0.05) is 86.4 Å².